The second-order valence-electron chi connectivity index (χ2n) is 7.74. The van der Waals surface area contributed by atoms with Crippen LogP contribution in [0, 0.1) is 0 Å². The number of aromatic nitrogens is 6. The third-order valence-corrected chi connectivity index (χ3v) is 6.47. The molecule has 1 aliphatic heterocycles. The smallest absolute Gasteiger partial charge is 0.231 e. The van der Waals surface area contributed by atoms with Crippen LogP contribution in [0.4, 0.5) is 0 Å². The zero-order valence-corrected chi connectivity index (χ0v) is 19.4. The van der Waals surface area contributed by atoms with E-state index in [1.807, 2.05) is 60.7 Å². The van der Waals surface area contributed by atoms with Crippen LogP contribution in [0.1, 0.15) is 12.3 Å². The summed E-state index contributed by atoms with van der Waals surface area (Å²) in [7, 11) is 0. The summed E-state index contributed by atoms with van der Waals surface area (Å²) in [6, 6.07) is 19.6. The number of benzene rings is 2. The molecule has 0 spiro atoms. The molecule has 0 aliphatic carbocycles. The summed E-state index contributed by atoms with van der Waals surface area (Å²) >= 11 is 1.64. The first kappa shape index (κ1) is 21.4. The van der Waals surface area contributed by atoms with E-state index in [0.29, 0.717) is 23.9 Å². The Kier molecular flexibility index (Phi) is 5.85. The highest BCUT2D eigenvalue weighted by Crippen LogP contribution is 2.37. The molecule has 35 heavy (non-hydrogen) atoms. The Labute approximate surface area is 205 Å². The van der Waals surface area contributed by atoms with Crippen molar-refractivity contribution in [2.24, 2.45) is 0 Å². The number of fused-ring (bicyclic) bond motifs is 1. The molecule has 0 N–H and O–H groups in total. The maximum absolute atomic E-state index is 5.56. The van der Waals surface area contributed by atoms with E-state index in [0.717, 1.165) is 45.7 Å². The Balaban J connectivity index is 1.18. The summed E-state index contributed by atoms with van der Waals surface area (Å²) in [5.74, 6) is 4.21. The molecule has 0 fully saturated rings. The predicted octanol–water partition coefficient (Wildman–Crippen LogP) is 4.83. The minimum absolute atomic E-state index is 0.232. The highest BCUT2D eigenvalue weighted by molar-refractivity contribution is 7.99. The van der Waals surface area contributed by atoms with Gasteiger partial charge in [0, 0.05) is 41.4 Å². The number of aryl methyl sites for hydroxylation is 1. The van der Waals surface area contributed by atoms with Crippen LogP contribution >= 0.6 is 11.8 Å². The highest BCUT2D eigenvalue weighted by atomic mass is 32.2. The Morgan fingerprint density at radius 1 is 0.886 bits per heavy atom. The van der Waals surface area contributed by atoms with E-state index >= 15 is 0 Å². The third kappa shape index (κ3) is 4.47. The number of thioether (sulfide) groups is 1. The summed E-state index contributed by atoms with van der Waals surface area (Å²) < 4.78 is 18.5. The number of ether oxygens (including phenoxy) is 2. The maximum atomic E-state index is 5.56. The zero-order chi connectivity index (χ0) is 23.5. The molecule has 0 radical (unpaired) electrons. The third-order valence-electron chi connectivity index (χ3n) is 5.45. The molecular formula is C25H20N6O3S. The van der Waals surface area contributed by atoms with Crippen LogP contribution in [0.5, 0.6) is 11.5 Å². The van der Waals surface area contributed by atoms with Crippen LogP contribution in [-0.2, 0) is 6.42 Å². The van der Waals surface area contributed by atoms with Gasteiger partial charge < -0.3 is 14.0 Å². The second kappa shape index (κ2) is 9.59. The van der Waals surface area contributed by atoms with E-state index in [1.165, 1.54) is 0 Å². The van der Waals surface area contributed by atoms with Gasteiger partial charge in [-0.1, -0.05) is 35.1 Å². The van der Waals surface area contributed by atoms with Gasteiger partial charge in [-0.2, -0.15) is 4.98 Å². The lowest BCUT2D eigenvalue weighted by Crippen LogP contribution is -2.00. The molecule has 174 valence electrons. The van der Waals surface area contributed by atoms with Gasteiger partial charge >= 0.3 is 0 Å². The SMILES string of the molecule is c1ccc(-n2c(SCCCc3nc(-c4ccncc4)no3)nnc2-c2ccc3c(c2)OCO3)cc1. The summed E-state index contributed by atoms with van der Waals surface area (Å²) in [6.07, 6.45) is 4.95. The van der Waals surface area contributed by atoms with Gasteiger partial charge in [0.25, 0.3) is 0 Å². The monoisotopic (exact) mass is 484 g/mol. The van der Waals surface area contributed by atoms with Crippen LogP contribution in [0.15, 0.2) is 82.7 Å². The normalized spacial score (nSPS) is 12.2. The summed E-state index contributed by atoms with van der Waals surface area (Å²) in [5, 5.41) is 13.9. The van der Waals surface area contributed by atoms with Crippen molar-refractivity contribution >= 4 is 11.8 Å². The molecule has 10 heteroatoms. The van der Waals surface area contributed by atoms with Crippen molar-refractivity contribution in [1.29, 1.82) is 0 Å². The average molecular weight is 485 g/mol. The molecule has 0 atom stereocenters. The first-order valence-electron chi connectivity index (χ1n) is 11.1. The van der Waals surface area contributed by atoms with Crippen molar-refractivity contribution in [2.75, 3.05) is 12.5 Å². The molecular weight excluding hydrogens is 464 g/mol. The Hall–Kier alpha value is -4.18. The lowest BCUT2D eigenvalue weighted by Gasteiger charge is -2.10. The van der Waals surface area contributed by atoms with Gasteiger partial charge in [0.05, 0.1) is 0 Å². The molecule has 5 aromatic rings. The molecule has 9 nitrogen and oxygen atoms in total. The van der Waals surface area contributed by atoms with E-state index < -0.39 is 0 Å². The fourth-order valence-electron chi connectivity index (χ4n) is 3.76. The Morgan fingerprint density at radius 2 is 1.74 bits per heavy atom. The predicted molar refractivity (Wildman–Crippen MR) is 129 cm³/mol. The van der Waals surface area contributed by atoms with Gasteiger partial charge in [-0.3, -0.25) is 9.55 Å². The maximum Gasteiger partial charge on any atom is 0.231 e. The largest absolute Gasteiger partial charge is 0.454 e. The summed E-state index contributed by atoms with van der Waals surface area (Å²) in [5.41, 5.74) is 2.79. The molecule has 0 bridgehead atoms. The molecule has 1 aliphatic rings. The fourth-order valence-corrected chi connectivity index (χ4v) is 4.65. The summed E-state index contributed by atoms with van der Waals surface area (Å²) in [6.45, 7) is 0.232. The average Bonchev–Trinajstić information content (AvgIpc) is 3.67. The van der Waals surface area contributed by atoms with E-state index in [-0.39, 0.29) is 6.79 Å². The summed E-state index contributed by atoms with van der Waals surface area (Å²) in [4.78, 5) is 8.51. The van der Waals surface area contributed by atoms with E-state index in [4.69, 9.17) is 14.0 Å². The van der Waals surface area contributed by atoms with Crippen molar-refractivity contribution in [3.8, 4) is 40.0 Å². The van der Waals surface area contributed by atoms with Crippen LogP contribution in [0.2, 0.25) is 0 Å². The number of nitrogens with zero attached hydrogens (tertiary/aromatic N) is 6. The van der Waals surface area contributed by atoms with Crippen LogP contribution in [-0.4, -0.2) is 42.4 Å². The lowest BCUT2D eigenvalue weighted by atomic mass is 10.2. The molecule has 6 rings (SSSR count). The van der Waals surface area contributed by atoms with Crippen molar-refractivity contribution in [3.05, 3.63) is 78.9 Å². The minimum Gasteiger partial charge on any atom is -0.454 e. The van der Waals surface area contributed by atoms with Gasteiger partial charge in [0.15, 0.2) is 22.5 Å². The van der Waals surface area contributed by atoms with Crippen molar-refractivity contribution in [3.63, 3.8) is 0 Å². The molecule has 2 aromatic carbocycles. The zero-order valence-electron chi connectivity index (χ0n) is 18.6. The van der Waals surface area contributed by atoms with Crippen molar-refractivity contribution < 1.29 is 14.0 Å². The Bertz CT molecular complexity index is 1440. The molecule has 3 aromatic heterocycles. The fraction of sp³-hybridized carbons (Fsp3) is 0.160. The minimum atomic E-state index is 0.232. The number of rotatable bonds is 8. The second-order valence-corrected chi connectivity index (χ2v) is 8.81. The molecule has 0 unspecified atom stereocenters. The topological polar surface area (TPSA) is 101 Å². The first-order valence-corrected chi connectivity index (χ1v) is 12.1. The number of para-hydroxylation sites is 1. The van der Waals surface area contributed by atoms with E-state index in [1.54, 1.807) is 24.2 Å². The molecule has 4 heterocycles. The molecule has 0 saturated carbocycles. The van der Waals surface area contributed by atoms with Gasteiger partial charge in [-0.15, -0.1) is 10.2 Å². The van der Waals surface area contributed by atoms with Crippen molar-refractivity contribution in [1.82, 2.24) is 29.9 Å². The quantitative estimate of drug-likeness (QED) is 0.226. The number of pyridine rings is 1. The van der Waals surface area contributed by atoms with Gasteiger partial charge in [0.2, 0.25) is 18.5 Å². The standard InChI is InChI=1S/C25H20N6O3S/c1-2-5-19(6-3-1)31-24(18-8-9-20-21(15-18)33-16-32-20)28-29-25(31)35-14-4-7-22-27-23(30-34-22)17-10-12-26-13-11-17/h1-3,5-6,8-13,15H,4,7,14,16H2. The molecule has 0 amide bonds. The van der Waals surface area contributed by atoms with Gasteiger partial charge in [-0.05, 0) is 48.9 Å². The number of hydrogen-bond acceptors (Lipinski definition) is 9. The van der Waals surface area contributed by atoms with E-state index in [2.05, 4.69) is 29.9 Å². The molecule has 0 saturated heterocycles. The van der Waals surface area contributed by atoms with Crippen LogP contribution in [0.3, 0.4) is 0 Å². The Morgan fingerprint density at radius 3 is 2.63 bits per heavy atom. The van der Waals surface area contributed by atoms with Crippen LogP contribution < -0.4 is 9.47 Å². The first-order chi connectivity index (χ1) is 17.3. The van der Waals surface area contributed by atoms with Crippen LogP contribution in [0.25, 0.3) is 28.5 Å². The highest BCUT2D eigenvalue weighted by Gasteiger charge is 2.20. The lowest BCUT2D eigenvalue weighted by molar-refractivity contribution is 0.174. The van der Waals surface area contributed by atoms with Gasteiger partial charge in [-0.25, -0.2) is 0 Å². The van der Waals surface area contributed by atoms with E-state index in [9.17, 15) is 0 Å². The number of hydrogen-bond donors (Lipinski definition) is 0. The van der Waals surface area contributed by atoms with Crippen molar-refractivity contribution in [2.45, 2.75) is 18.0 Å². The van der Waals surface area contributed by atoms with Gasteiger partial charge in [0.1, 0.15) is 0 Å².